The molecule has 1 fully saturated rings. The number of methoxy groups -OCH3 is 1. The number of rotatable bonds is 7. The monoisotopic (exact) mass is 445 g/mol. The molecule has 4 N–H and O–H groups in total. The molecule has 0 radical (unpaired) electrons. The maximum Gasteiger partial charge on any atom is 0.332 e. The molecule has 1 aliphatic carbocycles. The first kappa shape index (κ1) is 23.6. The molecule has 0 bridgehead atoms. The first-order chi connectivity index (χ1) is 15.1. The van der Waals surface area contributed by atoms with Gasteiger partial charge in [-0.1, -0.05) is 0 Å². The lowest BCUT2D eigenvalue weighted by atomic mass is 9.93. The molecule has 1 saturated carbocycles. The predicted molar refractivity (Wildman–Crippen MR) is 119 cm³/mol. The van der Waals surface area contributed by atoms with Crippen molar-refractivity contribution in [3.63, 3.8) is 0 Å². The van der Waals surface area contributed by atoms with Crippen molar-refractivity contribution in [1.82, 2.24) is 5.32 Å². The Balaban J connectivity index is 1.56. The van der Waals surface area contributed by atoms with Crippen LogP contribution in [-0.2, 0) is 14.3 Å². The lowest BCUT2D eigenvalue weighted by molar-refractivity contribution is -0.162. The van der Waals surface area contributed by atoms with E-state index < -0.39 is 5.60 Å². The number of hydrogen-bond donors (Lipinski definition) is 3. The van der Waals surface area contributed by atoms with Crippen LogP contribution in [0.4, 0.5) is 0 Å². The largest absolute Gasteiger partial charge is 0.492 e. The molecule has 3 rings (SSSR count). The molecule has 0 atom stereocenters. The summed E-state index contributed by atoms with van der Waals surface area (Å²) in [4.78, 5) is 24.7. The number of benzene rings is 1. The number of furan rings is 1. The van der Waals surface area contributed by atoms with Crippen LogP contribution in [-0.4, -0.2) is 49.2 Å². The number of carbonyl (C=O) groups excluding carboxylic acids is 2. The van der Waals surface area contributed by atoms with Gasteiger partial charge in [0, 0.05) is 11.6 Å². The third kappa shape index (κ3) is 5.79. The zero-order valence-electron chi connectivity index (χ0n) is 18.9. The summed E-state index contributed by atoms with van der Waals surface area (Å²) in [5, 5.41) is 11.2. The second-order valence-corrected chi connectivity index (χ2v) is 8.93. The van der Waals surface area contributed by atoms with Crippen LogP contribution in [0.5, 0.6) is 5.75 Å². The van der Waals surface area contributed by atoms with Crippen molar-refractivity contribution in [1.29, 1.82) is 5.41 Å². The molecule has 1 amide bonds. The van der Waals surface area contributed by atoms with Crippen molar-refractivity contribution in [3.8, 4) is 5.75 Å². The van der Waals surface area contributed by atoms with E-state index >= 15 is 0 Å². The second-order valence-electron chi connectivity index (χ2n) is 8.93. The summed E-state index contributed by atoms with van der Waals surface area (Å²) in [5.41, 5.74) is 6.03. The maximum atomic E-state index is 12.9. The van der Waals surface area contributed by atoms with Crippen molar-refractivity contribution in [2.45, 2.75) is 64.2 Å². The third-order valence-corrected chi connectivity index (χ3v) is 5.23. The maximum absolute atomic E-state index is 12.9. The summed E-state index contributed by atoms with van der Waals surface area (Å²) in [6, 6.07) is 4.96. The number of fused-ring (bicyclic) bond motifs is 1. The first-order valence-electron chi connectivity index (χ1n) is 10.7. The number of amidine groups is 1. The Morgan fingerprint density at radius 2 is 1.91 bits per heavy atom. The number of esters is 1. The second kappa shape index (κ2) is 9.60. The van der Waals surface area contributed by atoms with Crippen LogP contribution in [0.15, 0.2) is 22.6 Å². The molecule has 2 aromatic rings. The van der Waals surface area contributed by atoms with Gasteiger partial charge >= 0.3 is 5.97 Å². The van der Waals surface area contributed by atoms with Crippen molar-refractivity contribution in [2.75, 3.05) is 13.7 Å². The third-order valence-electron chi connectivity index (χ3n) is 5.23. The Kier molecular flexibility index (Phi) is 7.08. The fraction of sp³-hybridized carbons (Fsp3) is 0.522. The van der Waals surface area contributed by atoms with Gasteiger partial charge in [0.25, 0.3) is 5.91 Å². The van der Waals surface area contributed by atoms with Gasteiger partial charge < -0.3 is 29.7 Å². The van der Waals surface area contributed by atoms with Crippen molar-refractivity contribution in [2.24, 2.45) is 5.73 Å². The molecule has 1 aromatic heterocycles. The molecular formula is C23H31N3O6. The number of amides is 1. The Hall–Kier alpha value is -3.07. The zero-order valence-corrected chi connectivity index (χ0v) is 18.9. The standard InChI is InChI=1S/C23H31N3O6/c1-23(2,3)32-18(27)12-30-15-8-6-14(7-9-15)26-22(28)20-19(29-4)16-11-13(21(24)25)5-10-17(16)31-20/h5,10-11,14-15H,6-9,12H2,1-4H3,(H3,24,25)(H,26,28). The predicted octanol–water partition coefficient (Wildman–Crippen LogP) is 3.12. The summed E-state index contributed by atoms with van der Waals surface area (Å²) < 4.78 is 22.1. The minimum Gasteiger partial charge on any atom is -0.492 e. The van der Waals surface area contributed by atoms with Crippen LogP contribution in [0.3, 0.4) is 0 Å². The summed E-state index contributed by atoms with van der Waals surface area (Å²) in [5.74, 6) is -0.410. The van der Waals surface area contributed by atoms with Crippen molar-refractivity contribution in [3.05, 3.63) is 29.5 Å². The van der Waals surface area contributed by atoms with E-state index in [-0.39, 0.29) is 42.2 Å². The van der Waals surface area contributed by atoms with Crippen LogP contribution in [0.1, 0.15) is 62.6 Å². The number of hydrogen-bond acceptors (Lipinski definition) is 7. The van der Waals surface area contributed by atoms with E-state index in [0.717, 1.165) is 25.7 Å². The highest BCUT2D eigenvalue weighted by Gasteiger charge is 2.28. The summed E-state index contributed by atoms with van der Waals surface area (Å²) in [6.07, 6.45) is 2.87. The molecule has 0 aliphatic heterocycles. The molecule has 1 aromatic carbocycles. The number of ether oxygens (including phenoxy) is 3. The van der Waals surface area contributed by atoms with Gasteiger partial charge in [-0.25, -0.2) is 4.79 Å². The highest BCUT2D eigenvalue weighted by Crippen LogP contribution is 2.34. The fourth-order valence-corrected chi connectivity index (χ4v) is 3.78. The summed E-state index contributed by atoms with van der Waals surface area (Å²) >= 11 is 0. The minimum absolute atomic E-state index is 0.0328. The SMILES string of the molecule is COc1c(C(=O)NC2CCC(OCC(=O)OC(C)(C)C)CC2)oc2ccc(C(=N)N)cc12. The molecule has 174 valence electrons. The van der Waals surface area contributed by atoms with Crippen molar-refractivity contribution >= 4 is 28.7 Å². The molecular weight excluding hydrogens is 414 g/mol. The number of nitrogens with two attached hydrogens (primary N) is 1. The Bertz CT molecular complexity index is 999. The highest BCUT2D eigenvalue weighted by molar-refractivity contribution is 6.04. The van der Waals surface area contributed by atoms with Crippen LogP contribution >= 0.6 is 0 Å². The molecule has 1 aliphatic rings. The topological polar surface area (TPSA) is 137 Å². The van der Waals surface area contributed by atoms with E-state index in [1.807, 2.05) is 20.8 Å². The zero-order chi connectivity index (χ0) is 23.5. The highest BCUT2D eigenvalue weighted by atomic mass is 16.6. The first-order valence-corrected chi connectivity index (χ1v) is 10.7. The van der Waals surface area contributed by atoms with Crippen LogP contribution < -0.4 is 15.8 Å². The van der Waals surface area contributed by atoms with Gasteiger partial charge in [-0.05, 0) is 64.7 Å². The lowest BCUT2D eigenvalue weighted by Gasteiger charge is -2.29. The van der Waals surface area contributed by atoms with E-state index in [9.17, 15) is 9.59 Å². The van der Waals surface area contributed by atoms with Crippen LogP contribution in [0, 0.1) is 5.41 Å². The number of carbonyl (C=O) groups is 2. The average molecular weight is 446 g/mol. The Labute approximate surface area is 187 Å². The smallest absolute Gasteiger partial charge is 0.332 e. The van der Waals surface area contributed by atoms with Gasteiger partial charge in [-0.3, -0.25) is 10.2 Å². The molecule has 1 heterocycles. The van der Waals surface area contributed by atoms with E-state index in [4.69, 9.17) is 29.8 Å². The Morgan fingerprint density at radius 3 is 2.50 bits per heavy atom. The van der Waals surface area contributed by atoms with Gasteiger partial charge in [0.2, 0.25) is 5.76 Å². The van der Waals surface area contributed by atoms with Crippen molar-refractivity contribution < 1.29 is 28.2 Å². The quantitative estimate of drug-likeness (QED) is 0.338. The van der Waals surface area contributed by atoms with Crippen LogP contribution in [0.25, 0.3) is 11.0 Å². The van der Waals surface area contributed by atoms with Crippen LogP contribution in [0.2, 0.25) is 0 Å². The van der Waals surface area contributed by atoms with Gasteiger partial charge in [0.1, 0.15) is 23.6 Å². The molecule has 9 nitrogen and oxygen atoms in total. The summed E-state index contributed by atoms with van der Waals surface area (Å²) in [7, 11) is 1.47. The molecule has 0 saturated heterocycles. The van der Waals surface area contributed by atoms with Gasteiger partial charge in [0.15, 0.2) is 5.75 Å². The Morgan fingerprint density at radius 1 is 1.22 bits per heavy atom. The molecule has 0 unspecified atom stereocenters. The average Bonchev–Trinajstić information content (AvgIpc) is 3.10. The van der Waals surface area contributed by atoms with E-state index in [0.29, 0.717) is 22.3 Å². The summed E-state index contributed by atoms with van der Waals surface area (Å²) in [6.45, 7) is 5.38. The van der Waals surface area contributed by atoms with Gasteiger partial charge in [-0.15, -0.1) is 0 Å². The van der Waals surface area contributed by atoms with E-state index in [2.05, 4.69) is 5.32 Å². The minimum atomic E-state index is -0.534. The van der Waals surface area contributed by atoms with E-state index in [1.165, 1.54) is 7.11 Å². The number of nitrogen functional groups attached to an aromatic ring is 1. The van der Waals surface area contributed by atoms with Gasteiger partial charge in [-0.2, -0.15) is 0 Å². The van der Waals surface area contributed by atoms with E-state index in [1.54, 1.807) is 18.2 Å². The van der Waals surface area contributed by atoms with Gasteiger partial charge in [0.05, 0.1) is 18.6 Å². The number of nitrogens with one attached hydrogen (secondary N) is 2. The molecule has 0 spiro atoms. The fourth-order valence-electron chi connectivity index (χ4n) is 3.78. The normalized spacial score (nSPS) is 18.9. The lowest BCUT2D eigenvalue weighted by Crippen LogP contribution is -2.39. The molecule has 9 heteroatoms. The molecule has 32 heavy (non-hydrogen) atoms.